The van der Waals surface area contributed by atoms with Gasteiger partial charge in [0.25, 0.3) is 5.69 Å². The minimum Gasteiger partial charge on any atom is -0.493 e. The van der Waals surface area contributed by atoms with Crippen LogP contribution >= 0.6 is 34.2 Å². The van der Waals surface area contributed by atoms with Gasteiger partial charge in [-0.2, -0.15) is 0 Å². The van der Waals surface area contributed by atoms with Gasteiger partial charge in [0.15, 0.2) is 17.2 Å². The van der Waals surface area contributed by atoms with Crippen LogP contribution in [0.3, 0.4) is 0 Å². The summed E-state index contributed by atoms with van der Waals surface area (Å²) in [7, 11) is 1.42. The lowest BCUT2D eigenvalue weighted by Gasteiger charge is -2.13. The number of carbonyl (C=O) groups is 2. The van der Waals surface area contributed by atoms with E-state index in [1.165, 1.54) is 31.4 Å². The first-order valence-corrected chi connectivity index (χ1v) is 11.8. The first-order valence-electron chi connectivity index (χ1n) is 10.3. The summed E-state index contributed by atoms with van der Waals surface area (Å²) in [6.45, 7) is 1.59. The third kappa shape index (κ3) is 5.24. The molecule has 0 unspecified atom stereocenters. The van der Waals surface area contributed by atoms with Crippen LogP contribution < -0.4 is 9.47 Å². The molecule has 182 valence electrons. The fourth-order valence-electron chi connectivity index (χ4n) is 3.38. The minimum atomic E-state index is -0.677. The molecule has 0 saturated carbocycles. The molecule has 0 aliphatic carbocycles. The second-order valence-electron chi connectivity index (χ2n) is 7.50. The number of ether oxygens (including phenoxy) is 3. The minimum absolute atomic E-state index is 0.0275. The van der Waals surface area contributed by atoms with Gasteiger partial charge in [-0.25, -0.2) is 14.6 Å². The Balaban J connectivity index is 1.63. The number of aliphatic imine (C=N–C) groups is 1. The van der Waals surface area contributed by atoms with Crippen molar-refractivity contribution in [1.29, 1.82) is 0 Å². The highest BCUT2D eigenvalue weighted by atomic mass is 127. The van der Waals surface area contributed by atoms with Crippen molar-refractivity contribution < 1.29 is 28.7 Å². The summed E-state index contributed by atoms with van der Waals surface area (Å²) >= 11 is 8.08. The standard InChI is InChI=1S/C25H16ClIN2O7/c1-13-9-15(7-8-20(13)29(32)33)23-28-19(25(31)36-23)11-14-10-18(27)22(21(12-14)34-2)35-24(30)16-5-3-4-6-17(16)26/h3-12H,1-2H3/b19-11-. The van der Waals surface area contributed by atoms with Crippen LogP contribution in [0.15, 0.2) is 65.3 Å². The lowest BCUT2D eigenvalue weighted by atomic mass is 10.1. The predicted octanol–water partition coefficient (Wildman–Crippen LogP) is 5.73. The van der Waals surface area contributed by atoms with E-state index in [0.717, 1.165) is 0 Å². The molecule has 1 heterocycles. The zero-order valence-corrected chi connectivity index (χ0v) is 21.7. The summed E-state index contributed by atoms with van der Waals surface area (Å²) in [5.41, 5.74) is 1.58. The van der Waals surface area contributed by atoms with Gasteiger partial charge in [0.05, 0.1) is 26.2 Å². The van der Waals surface area contributed by atoms with E-state index >= 15 is 0 Å². The van der Waals surface area contributed by atoms with Gasteiger partial charge in [0, 0.05) is 17.2 Å². The second-order valence-corrected chi connectivity index (χ2v) is 9.07. The Hall–Kier alpha value is -3.77. The first-order chi connectivity index (χ1) is 17.2. The van der Waals surface area contributed by atoms with Crippen molar-refractivity contribution in [2.75, 3.05) is 7.11 Å². The molecule has 4 rings (SSSR count). The number of halogens is 2. The fourth-order valence-corrected chi connectivity index (χ4v) is 4.33. The molecule has 0 amide bonds. The number of carbonyl (C=O) groups excluding carboxylic acids is 2. The summed E-state index contributed by atoms with van der Waals surface area (Å²) in [6, 6.07) is 14.1. The van der Waals surface area contributed by atoms with E-state index in [1.54, 1.807) is 43.3 Å². The molecular weight excluding hydrogens is 603 g/mol. The highest BCUT2D eigenvalue weighted by molar-refractivity contribution is 14.1. The monoisotopic (exact) mass is 618 g/mol. The average Bonchev–Trinajstić information content (AvgIpc) is 3.20. The summed E-state index contributed by atoms with van der Waals surface area (Å²) in [5, 5.41) is 11.3. The second kappa shape index (κ2) is 10.5. The number of cyclic esters (lactones) is 1. The van der Waals surface area contributed by atoms with E-state index < -0.39 is 16.9 Å². The number of aryl methyl sites for hydroxylation is 1. The van der Waals surface area contributed by atoms with Crippen molar-refractivity contribution in [3.05, 3.63) is 101 Å². The fraction of sp³-hybridized carbons (Fsp3) is 0.0800. The van der Waals surface area contributed by atoms with Gasteiger partial charge in [-0.05, 0) is 77.6 Å². The van der Waals surface area contributed by atoms with E-state index in [4.69, 9.17) is 25.8 Å². The first kappa shape index (κ1) is 25.3. The van der Waals surface area contributed by atoms with Crippen LogP contribution in [-0.2, 0) is 9.53 Å². The number of esters is 2. The van der Waals surface area contributed by atoms with Crippen LogP contribution in [0.25, 0.3) is 6.08 Å². The largest absolute Gasteiger partial charge is 0.493 e. The summed E-state index contributed by atoms with van der Waals surface area (Å²) < 4.78 is 16.8. The molecule has 3 aromatic rings. The van der Waals surface area contributed by atoms with Crippen LogP contribution in [-0.4, -0.2) is 29.9 Å². The Kier molecular flexibility index (Phi) is 7.36. The molecule has 0 spiro atoms. The quantitative estimate of drug-likeness (QED) is 0.0864. The highest BCUT2D eigenvalue weighted by Crippen LogP contribution is 2.36. The van der Waals surface area contributed by atoms with Crippen molar-refractivity contribution in [1.82, 2.24) is 0 Å². The van der Waals surface area contributed by atoms with Crippen molar-refractivity contribution in [2.24, 2.45) is 4.99 Å². The number of nitrogens with zero attached hydrogens (tertiary/aromatic N) is 2. The number of methoxy groups -OCH3 is 1. The number of benzene rings is 3. The van der Waals surface area contributed by atoms with Crippen LogP contribution in [0.2, 0.25) is 5.02 Å². The molecule has 1 aliphatic heterocycles. The Morgan fingerprint density at radius 3 is 2.61 bits per heavy atom. The van der Waals surface area contributed by atoms with E-state index in [1.807, 2.05) is 22.6 Å². The van der Waals surface area contributed by atoms with Gasteiger partial charge < -0.3 is 14.2 Å². The number of nitro benzene ring substituents is 1. The molecule has 0 aromatic heterocycles. The molecule has 0 bridgehead atoms. The molecule has 0 radical (unpaired) electrons. The van der Waals surface area contributed by atoms with Crippen molar-refractivity contribution >= 4 is 63.8 Å². The molecule has 0 N–H and O–H groups in total. The third-order valence-electron chi connectivity index (χ3n) is 5.10. The smallest absolute Gasteiger partial charge is 0.363 e. The molecule has 0 fully saturated rings. The van der Waals surface area contributed by atoms with Gasteiger partial charge >= 0.3 is 11.9 Å². The molecule has 0 saturated heterocycles. The molecule has 11 heteroatoms. The lowest BCUT2D eigenvalue weighted by molar-refractivity contribution is -0.385. The van der Waals surface area contributed by atoms with Crippen molar-refractivity contribution in [2.45, 2.75) is 6.92 Å². The van der Waals surface area contributed by atoms with Crippen LogP contribution in [0.5, 0.6) is 11.5 Å². The van der Waals surface area contributed by atoms with Gasteiger partial charge in [0.2, 0.25) is 5.90 Å². The van der Waals surface area contributed by atoms with E-state index in [-0.39, 0.29) is 39.4 Å². The lowest BCUT2D eigenvalue weighted by Crippen LogP contribution is -2.11. The molecule has 9 nitrogen and oxygen atoms in total. The predicted molar refractivity (Wildman–Crippen MR) is 141 cm³/mol. The SMILES string of the molecule is COc1cc(/C=C2\N=C(c3ccc([N+](=O)[O-])c(C)c3)OC2=O)cc(I)c1OC(=O)c1ccccc1Cl. The summed E-state index contributed by atoms with van der Waals surface area (Å²) in [4.78, 5) is 39.9. The Bertz CT molecular complexity index is 1480. The maximum absolute atomic E-state index is 12.6. The average molecular weight is 619 g/mol. The number of hydrogen-bond acceptors (Lipinski definition) is 8. The van der Waals surface area contributed by atoms with E-state index in [9.17, 15) is 19.7 Å². The normalized spacial score (nSPS) is 13.8. The zero-order chi connectivity index (χ0) is 26.0. The molecule has 1 aliphatic rings. The van der Waals surface area contributed by atoms with Crippen LogP contribution in [0, 0.1) is 20.6 Å². The van der Waals surface area contributed by atoms with Crippen molar-refractivity contribution in [3.63, 3.8) is 0 Å². The molecule has 0 atom stereocenters. The topological polar surface area (TPSA) is 117 Å². The van der Waals surface area contributed by atoms with Gasteiger partial charge in [-0.1, -0.05) is 23.7 Å². The summed E-state index contributed by atoms with van der Waals surface area (Å²) in [5.74, 6) is -0.823. The number of nitro groups is 1. The van der Waals surface area contributed by atoms with Gasteiger partial charge in [-0.3, -0.25) is 10.1 Å². The van der Waals surface area contributed by atoms with Crippen LogP contribution in [0.1, 0.15) is 27.0 Å². The van der Waals surface area contributed by atoms with Crippen molar-refractivity contribution in [3.8, 4) is 11.5 Å². The highest BCUT2D eigenvalue weighted by Gasteiger charge is 2.26. The van der Waals surface area contributed by atoms with Gasteiger partial charge in [-0.15, -0.1) is 0 Å². The Morgan fingerprint density at radius 2 is 1.94 bits per heavy atom. The summed E-state index contributed by atoms with van der Waals surface area (Å²) in [6.07, 6.45) is 1.50. The van der Waals surface area contributed by atoms with E-state index in [2.05, 4.69) is 4.99 Å². The Labute approximate surface area is 223 Å². The maximum Gasteiger partial charge on any atom is 0.363 e. The molecular formula is C25H16ClIN2O7. The molecule has 36 heavy (non-hydrogen) atoms. The van der Waals surface area contributed by atoms with Crippen LogP contribution in [0.4, 0.5) is 5.69 Å². The Morgan fingerprint density at radius 1 is 1.19 bits per heavy atom. The number of rotatable bonds is 6. The number of hydrogen-bond donors (Lipinski definition) is 0. The maximum atomic E-state index is 12.6. The third-order valence-corrected chi connectivity index (χ3v) is 6.24. The molecule has 3 aromatic carbocycles. The zero-order valence-electron chi connectivity index (χ0n) is 18.8. The van der Waals surface area contributed by atoms with Gasteiger partial charge in [0.1, 0.15) is 0 Å². The van der Waals surface area contributed by atoms with E-state index in [0.29, 0.717) is 20.3 Å².